The molecule has 0 amide bonds. The van der Waals surface area contributed by atoms with E-state index in [2.05, 4.69) is 0 Å². The molecule has 4 aromatic rings. The Bertz CT molecular complexity index is 1760. The highest BCUT2D eigenvalue weighted by Gasteiger charge is 2.89. The van der Waals surface area contributed by atoms with Gasteiger partial charge in [0, 0.05) is 23.3 Å². The van der Waals surface area contributed by atoms with Crippen LogP contribution in [-0.4, -0.2) is 51.1 Å². The highest BCUT2D eigenvalue weighted by molar-refractivity contribution is 5.98. The molecule has 7 rings (SSSR count). The van der Waals surface area contributed by atoms with Crippen molar-refractivity contribution in [2.24, 2.45) is 10.9 Å². The lowest BCUT2D eigenvalue weighted by molar-refractivity contribution is -0.180. The molecule has 224 valence electrons. The lowest BCUT2D eigenvalue weighted by Gasteiger charge is -2.42. The van der Waals surface area contributed by atoms with Crippen molar-refractivity contribution >= 4 is 11.9 Å². The van der Waals surface area contributed by atoms with Crippen LogP contribution in [0.25, 0.3) is 0 Å². The monoisotopic (exact) mass is 593 g/mol. The predicted molar refractivity (Wildman–Crippen MR) is 160 cm³/mol. The fourth-order valence-corrected chi connectivity index (χ4v) is 7.30. The number of hydrogen-bond donors (Lipinski definition) is 1. The Balaban J connectivity index is 1.64. The van der Waals surface area contributed by atoms with Gasteiger partial charge in [-0.25, -0.2) is 4.99 Å². The van der Waals surface area contributed by atoms with Gasteiger partial charge in [0.1, 0.15) is 28.9 Å². The summed E-state index contributed by atoms with van der Waals surface area (Å²) in [5.74, 6) is -0.816. The van der Waals surface area contributed by atoms with E-state index in [1.165, 1.54) is 14.2 Å². The van der Waals surface area contributed by atoms with Gasteiger partial charge in [-0.05, 0) is 29.8 Å². The summed E-state index contributed by atoms with van der Waals surface area (Å²) in [6.07, 6.45) is 0. The number of carbonyl (C=O) groups excluding carboxylic acids is 1. The number of nitrogens with zero attached hydrogens (tertiary/aromatic N) is 1. The lowest BCUT2D eigenvalue weighted by atomic mass is 9.70. The number of ether oxygens (including phenoxy) is 6. The number of esters is 1. The number of methoxy groups -OCH3 is 4. The average molecular weight is 594 g/mol. The Kier molecular flexibility index (Phi) is 6.33. The van der Waals surface area contributed by atoms with Crippen LogP contribution in [-0.2, 0) is 25.5 Å². The van der Waals surface area contributed by atoms with Crippen molar-refractivity contribution in [1.29, 1.82) is 0 Å². The van der Waals surface area contributed by atoms with E-state index < -0.39 is 34.7 Å². The second kappa shape index (κ2) is 10.0. The van der Waals surface area contributed by atoms with E-state index in [1.807, 2.05) is 84.9 Å². The minimum absolute atomic E-state index is 0.153. The first-order valence-corrected chi connectivity index (χ1v) is 14.2. The summed E-state index contributed by atoms with van der Waals surface area (Å²) in [6.45, 7) is 0. The van der Waals surface area contributed by atoms with E-state index in [-0.39, 0.29) is 5.90 Å². The zero-order valence-corrected chi connectivity index (χ0v) is 24.6. The molecule has 44 heavy (non-hydrogen) atoms. The van der Waals surface area contributed by atoms with Crippen molar-refractivity contribution in [1.82, 2.24) is 0 Å². The number of hydrogen-bond acceptors (Lipinski definition) is 9. The number of aliphatic hydroxyl groups is 1. The zero-order valence-electron chi connectivity index (χ0n) is 24.6. The van der Waals surface area contributed by atoms with Gasteiger partial charge in [-0.15, -0.1) is 0 Å². The van der Waals surface area contributed by atoms with Crippen molar-refractivity contribution in [3.05, 3.63) is 119 Å². The maximum absolute atomic E-state index is 14.0. The Morgan fingerprint density at radius 1 is 0.795 bits per heavy atom. The summed E-state index contributed by atoms with van der Waals surface area (Å²) in [4.78, 5) is 18.9. The van der Waals surface area contributed by atoms with Crippen LogP contribution in [0.4, 0.5) is 0 Å². The molecule has 1 saturated carbocycles. The van der Waals surface area contributed by atoms with Crippen LogP contribution in [0.5, 0.6) is 23.0 Å². The molecule has 5 atom stereocenters. The van der Waals surface area contributed by atoms with Crippen LogP contribution < -0.4 is 18.9 Å². The van der Waals surface area contributed by atoms with E-state index in [0.717, 1.165) is 5.56 Å². The van der Waals surface area contributed by atoms with Gasteiger partial charge in [-0.3, -0.25) is 4.79 Å². The van der Waals surface area contributed by atoms with Crippen molar-refractivity contribution in [3.63, 3.8) is 0 Å². The van der Waals surface area contributed by atoms with Gasteiger partial charge in [-0.1, -0.05) is 60.7 Å². The molecule has 1 aliphatic carbocycles. The molecule has 1 fully saturated rings. The van der Waals surface area contributed by atoms with Gasteiger partial charge in [0.2, 0.25) is 17.2 Å². The SMILES string of the molecule is COC(=O)[C@H]1[C@H](c2ccccc2)[C@@]2(c3ccc(OC)cc3)Oc3cc(OC)cc(OC)c3[C@]23OC(c2ccccc2)=N[C@]13O. The van der Waals surface area contributed by atoms with Crippen LogP contribution >= 0.6 is 0 Å². The van der Waals surface area contributed by atoms with E-state index in [0.29, 0.717) is 39.7 Å². The number of rotatable bonds is 7. The molecule has 0 aromatic heterocycles. The third-order valence-corrected chi connectivity index (χ3v) is 9.04. The molecule has 3 aliphatic rings. The maximum Gasteiger partial charge on any atom is 0.314 e. The molecule has 0 bridgehead atoms. The summed E-state index contributed by atoms with van der Waals surface area (Å²) in [6, 6.07) is 29.4. The fourth-order valence-electron chi connectivity index (χ4n) is 7.30. The second-order valence-corrected chi connectivity index (χ2v) is 11.0. The van der Waals surface area contributed by atoms with E-state index >= 15 is 0 Å². The first-order valence-electron chi connectivity index (χ1n) is 14.2. The van der Waals surface area contributed by atoms with E-state index in [9.17, 15) is 9.90 Å². The molecule has 9 heteroatoms. The first kappa shape index (κ1) is 27.8. The van der Waals surface area contributed by atoms with Gasteiger partial charge in [0.15, 0.2) is 5.60 Å². The first-order chi connectivity index (χ1) is 21.4. The lowest BCUT2D eigenvalue weighted by Crippen LogP contribution is -2.57. The smallest absolute Gasteiger partial charge is 0.314 e. The van der Waals surface area contributed by atoms with E-state index in [1.54, 1.807) is 26.4 Å². The number of benzene rings is 4. The molecule has 4 aromatic carbocycles. The quantitative estimate of drug-likeness (QED) is 0.300. The average Bonchev–Trinajstić information content (AvgIpc) is 3.61. The van der Waals surface area contributed by atoms with Crippen LogP contribution in [0.1, 0.15) is 28.2 Å². The van der Waals surface area contributed by atoms with Crippen LogP contribution in [0.3, 0.4) is 0 Å². The summed E-state index contributed by atoms with van der Waals surface area (Å²) < 4.78 is 36.6. The normalized spacial score (nSPS) is 27.6. The van der Waals surface area contributed by atoms with Gasteiger partial charge in [-0.2, -0.15) is 0 Å². The van der Waals surface area contributed by atoms with Crippen LogP contribution in [0, 0.1) is 5.92 Å². The largest absolute Gasteiger partial charge is 0.497 e. The number of carbonyl (C=O) groups is 1. The Morgan fingerprint density at radius 3 is 2.07 bits per heavy atom. The molecule has 0 unspecified atom stereocenters. The molecular formula is C35H31NO8. The minimum atomic E-state index is -2.22. The Hall–Kier alpha value is -5.02. The Labute approximate surface area is 254 Å². The van der Waals surface area contributed by atoms with Crippen molar-refractivity contribution in [3.8, 4) is 23.0 Å². The number of fused-ring (bicyclic) bond motifs is 1. The van der Waals surface area contributed by atoms with Crippen LogP contribution in [0.15, 0.2) is 102 Å². The minimum Gasteiger partial charge on any atom is -0.497 e. The summed E-state index contributed by atoms with van der Waals surface area (Å²) in [7, 11) is 5.95. The fraction of sp³-hybridized carbons (Fsp3) is 0.257. The number of aliphatic imine (C=N–C) groups is 1. The molecule has 0 saturated heterocycles. The molecular weight excluding hydrogens is 562 g/mol. The predicted octanol–water partition coefficient (Wildman–Crippen LogP) is 4.95. The highest BCUT2D eigenvalue weighted by Crippen LogP contribution is 2.77. The van der Waals surface area contributed by atoms with E-state index in [4.69, 9.17) is 33.4 Å². The topological polar surface area (TPSA) is 105 Å². The molecule has 1 N–H and O–H groups in total. The van der Waals surface area contributed by atoms with Gasteiger partial charge in [0.25, 0.3) is 0 Å². The third-order valence-electron chi connectivity index (χ3n) is 9.04. The Morgan fingerprint density at radius 2 is 1.45 bits per heavy atom. The molecule has 0 radical (unpaired) electrons. The summed E-state index contributed by atoms with van der Waals surface area (Å²) in [5, 5.41) is 13.2. The van der Waals surface area contributed by atoms with Crippen LogP contribution in [0.2, 0.25) is 0 Å². The zero-order chi connectivity index (χ0) is 30.7. The van der Waals surface area contributed by atoms with Gasteiger partial charge in [0.05, 0.1) is 39.9 Å². The second-order valence-electron chi connectivity index (χ2n) is 11.0. The van der Waals surface area contributed by atoms with Crippen molar-refractivity contribution < 1.29 is 38.3 Å². The summed E-state index contributed by atoms with van der Waals surface area (Å²) >= 11 is 0. The third kappa shape index (κ3) is 3.44. The molecule has 2 aliphatic heterocycles. The molecule has 1 spiro atoms. The van der Waals surface area contributed by atoms with Crippen molar-refractivity contribution in [2.75, 3.05) is 28.4 Å². The highest BCUT2D eigenvalue weighted by atomic mass is 16.6. The van der Waals surface area contributed by atoms with Gasteiger partial charge >= 0.3 is 5.97 Å². The summed E-state index contributed by atoms with van der Waals surface area (Å²) in [5.41, 5.74) is -3.25. The standard InChI is InChI=1S/C35H31NO8/c1-39-24-17-15-23(16-18-24)33-28(21-11-7-5-8-12-21)30(32(37)42-4)35(38)34(33,44-31(36-35)22-13-9-6-10-14-22)29-26(41-3)19-25(40-2)20-27(29)43-33/h5-20,28,30,38H,1-4H3/t28-,30+,33+,34-,35-/m0/s1. The van der Waals surface area contributed by atoms with Gasteiger partial charge < -0.3 is 33.5 Å². The van der Waals surface area contributed by atoms with Crippen molar-refractivity contribution in [2.45, 2.75) is 22.8 Å². The molecule has 9 nitrogen and oxygen atoms in total. The maximum atomic E-state index is 14.0. The molecule has 2 heterocycles.